The van der Waals surface area contributed by atoms with Crippen LogP contribution in [-0.2, 0) is 0 Å². The smallest absolute Gasteiger partial charge is 0.0616 e. The van der Waals surface area contributed by atoms with Crippen molar-refractivity contribution in [1.82, 2.24) is 0 Å². The summed E-state index contributed by atoms with van der Waals surface area (Å²) in [4.78, 5) is 5.05. The highest BCUT2D eigenvalue weighted by atomic mass is 35.5. The first kappa shape index (κ1) is 12.0. The van der Waals surface area contributed by atoms with Crippen LogP contribution in [0.25, 0.3) is 0 Å². The molecule has 2 heteroatoms. The van der Waals surface area contributed by atoms with E-state index in [0.29, 0.717) is 0 Å². The Bertz CT molecular complexity index is 467. The number of benzene rings is 1. The standard InChI is InChI=1S/C17H20ClN/c18-16-3-1-12(2-4-16)11-19-17-8-13-5-14(9-17)7-15(6-13)10-17/h1-4,11,13-15H,5-10H2. The molecular formula is C17H20ClN. The third-order valence-electron chi connectivity index (χ3n) is 5.36. The summed E-state index contributed by atoms with van der Waals surface area (Å²) >= 11 is 5.92. The second kappa shape index (κ2) is 4.34. The van der Waals surface area contributed by atoms with Crippen LogP contribution in [0.4, 0.5) is 0 Å². The minimum atomic E-state index is 0.286. The SMILES string of the molecule is Clc1ccc(C=NC23CC4CC(CC(C4)C2)C3)cc1. The minimum Gasteiger partial charge on any atom is -0.286 e. The van der Waals surface area contributed by atoms with E-state index in [9.17, 15) is 0 Å². The van der Waals surface area contributed by atoms with Gasteiger partial charge in [0.15, 0.2) is 0 Å². The minimum absolute atomic E-state index is 0.286. The summed E-state index contributed by atoms with van der Waals surface area (Å²) in [7, 11) is 0. The molecule has 0 atom stereocenters. The quantitative estimate of drug-likeness (QED) is 0.691. The van der Waals surface area contributed by atoms with Gasteiger partial charge in [-0.2, -0.15) is 0 Å². The molecular weight excluding hydrogens is 254 g/mol. The van der Waals surface area contributed by atoms with Crippen molar-refractivity contribution in [2.75, 3.05) is 0 Å². The van der Waals surface area contributed by atoms with Crippen LogP contribution in [0.2, 0.25) is 5.02 Å². The predicted octanol–water partition coefficient (Wildman–Crippen LogP) is 4.73. The molecule has 0 heterocycles. The van der Waals surface area contributed by atoms with Crippen LogP contribution in [-0.4, -0.2) is 11.8 Å². The van der Waals surface area contributed by atoms with Gasteiger partial charge in [-0.25, -0.2) is 0 Å². The normalized spacial score (nSPS) is 40.2. The third kappa shape index (κ3) is 2.23. The van der Waals surface area contributed by atoms with Crippen molar-refractivity contribution < 1.29 is 0 Å². The molecule has 0 aromatic heterocycles. The summed E-state index contributed by atoms with van der Waals surface area (Å²) < 4.78 is 0. The van der Waals surface area contributed by atoms with Crippen LogP contribution < -0.4 is 0 Å². The Labute approximate surface area is 120 Å². The maximum Gasteiger partial charge on any atom is 0.0616 e. The maximum absolute atomic E-state index is 5.92. The first-order chi connectivity index (χ1) is 9.21. The van der Waals surface area contributed by atoms with E-state index in [0.717, 1.165) is 22.8 Å². The molecule has 0 amide bonds. The van der Waals surface area contributed by atoms with E-state index in [2.05, 4.69) is 18.3 Å². The molecule has 0 saturated heterocycles. The lowest BCUT2D eigenvalue weighted by Gasteiger charge is -2.54. The van der Waals surface area contributed by atoms with Crippen molar-refractivity contribution in [2.45, 2.75) is 44.1 Å². The van der Waals surface area contributed by atoms with Crippen LogP contribution >= 0.6 is 11.6 Å². The van der Waals surface area contributed by atoms with E-state index in [1.165, 1.54) is 44.1 Å². The van der Waals surface area contributed by atoms with Gasteiger partial charge in [0.05, 0.1) is 5.54 Å². The zero-order chi connectivity index (χ0) is 12.9. The Balaban J connectivity index is 1.57. The Hall–Kier alpha value is -0.820. The Morgan fingerprint density at radius 1 is 0.947 bits per heavy atom. The largest absolute Gasteiger partial charge is 0.286 e. The van der Waals surface area contributed by atoms with E-state index < -0.39 is 0 Å². The topological polar surface area (TPSA) is 12.4 Å². The molecule has 4 fully saturated rings. The van der Waals surface area contributed by atoms with Gasteiger partial charge in [-0.1, -0.05) is 23.7 Å². The average Bonchev–Trinajstić information content (AvgIpc) is 2.36. The zero-order valence-corrected chi connectivity index (χ0v) is 11.9. The van der Waals surface area contributed by atoms with Gasteiger partial charge >= 0.3 is 0 Å². The number of nitrogens with zero attached hydrogens (tertiary/aromatic N) is 1. The number of halogens is 1. The number of rotatable bonds is 2. The lowest BCUT2D eigenvalue weighted by molar-refractivity contribution is 0.00195. The highest BCUT2D eigenvalue weighted by molar-refractivity contribution is 6.30. The second-order valence-electron chi connectivity index (χ2n) is 6.95. The molecule has 19 heavy (non-hydrogen) atoms. The fourth-order valence-electron chi connectivity index (χ4n) is 4.98. The van der Waals surface area contributed by atoms with Crippen molar-refractivity contribution in [3.05, 3.63) is 34.9 Å². The second-order valence-corrected chi connectivity index (χ2v) is 7.39. The molecule has 0 N–H and O–H groups in total. The van der Waals surface area contributed by atoms with Crippen molar-refractivity contribution in [3.8, 4) is 0 Å². The molecule has 1 aromatic carbocycles. The first-order valence-corrected chi connectivity index (χ1v) is 7.89. The lowest BCUT2D eigenvalue weighted by atomic mass is 9.53. The zero-order valence-electron chi connectivity index (χ0n) is 11.2. The molecule has 4 saturated carbocycles. The highest BCUT2D eigenvalue weighted by Gasteiger charge is 2.50. The van der Waals surface area contributed by atoms with Crippen LogP contribution in [0.3, 0.4) is 0 Å². The van der Waals surface area contributed by atoms with Gasteiger partial charge in [0.25, 0.3) is 0 Å². The van der Waals surface area contributed by atoms with Gasteiger partial charge in [0.1, 0.15) is 0 Å². The molecule has 1 nitrogen and oxygen atoms in total. The molecule has 0 aliphatic heterocycles. The van der Waals surface area contributed by atoms with E-state index in [-0.39, 0.29) is 5.54 Å². The average molecular weight is 274 g/mol. The van der Waals surface area contributed by atoms with E-state index >= 15 is 0 Å². The van der Waals surface area contributed by atoms with Gasteiger partial charge < -0.3 is 0 Å². The molecule has 4 aliphatic carbocycles. The van der Waals surface area contributed by atoms with Gasteiger partial charge in [-0.15, -0.1) is 0 Å². The molecule has 1 aromatic rings. The predicted molar refractivity (Wildman–Crippen MR) is 79.9 cm³/mol. The molecule has 4 bridgehead atoms. The highest BCUT2D eigenvalue weighted by Crippen LogP contribution is 2.57. The van der Waals surface area contributed by atoms with Gasteiger partial charge in [0.2, 0.25) is 0 Å². The van der Waals surface area contributed by atoms with Crippen LogP contribution in [0.15, 0.2) is 29.3 Å². The van der Waals surface area contributed by atoms with Gasteiger partial charge in [-0.05, 0) is 74.0 Å². The van der Waals surface area contributed by atoms with E-state index in [4.69, 9.17) is 16.6 Å². The molecule has 100 valence electrons. The molecule has 4 aliphatic rings. The fraction of sp³-hybridized carbons (Fsp3) is 0.588. The van der Waals surface area contributed by atoms with Gasteiger partial charge in [0, 0.05) is 11.2 Å². The number of aliphatic imine (C=N–C) groups is 1. The van der Waals surface area contributed by atoms with Crippen LogP contribution in [0.5, 0.6) is 0 Å². The summed E-state index contributed by atoms with van der Waals surface area (Å²) in [5.74, 6) is 2.90. The van der Waals surface area contributed by atoms with E-state index in [1.54, 1.807) is 0 Å². The van der Waals surface area contributed by atoms with Crippen molar-refractivity contribution in [2.24, 2.45) is 22.7 Å². The molecule has 0 unspecified atom stereocenters. The molecule has 0 spiro atoms. The van der Waals surface area contributed by atoms with Crippen molar-refractivity contribution in [3.63, 3.8) is 0 Å². The summed E-state index contributed by atoms with van der Waals surface area (Å²) in [5.41, 5.74) is 1.47. The fourth-order valence-corrected chi connectivity index (χ4v) is 5.11. The molecule has 0 radical (unpaired) electrons. The Morgan fingerprint density at radius 2 is 1.47 bits per heavy atom. The maximum atomic E-state index is 5.92. The van der Waals surface area contributed by atoms with E-state index in [1.807, 2.05) is 12.1 Å². The van der Waals surface area contributed by atoms with Crippen molar-refractivity contribution in [1.29, 1.82) is 0 Å². The third-order valence-corrected chi connectivity index (χ3v) is 5.62. The number of hydrogen-bond acceptors (Lipinski definition) is 1. The Morgan fingerprint density at radius 3 is 2.00 bits per heavy atom. The van der Waals surface area contributed by atoms with Crippen LogP contribution in [0.1, 0.15) is 44.1 Å². The van der Waals surface area contributed by atoms with Crippen molar-refractivity contribution >= 4 is 17.8 Å². The van der Waals surface area contributed by atoms with Gasteiger partial charge in [-0.3, -0.25) is 4.99 Å². The first-order valence-electron chi connectivity index (χ1n) is 7.52. The summed E-state index contributed by atoms with van der Waals surface area (Å²) in [5, 5.41) is 0.798. The summed E-state index contributed by atoms with van der Waals surface area (Å²) in [6.45, 7) is 0. The monoisotopic (exact) mass is 273 g/mol. The summed E-state index contributed by atoms with van der Waals surface area (Å²) in [6.07, 6.45) is 10.5. The van der Waals surface area contributed by atoms with Crippen LogP contribution in [0, 0.1) is 17.8 Å². The Kier molecular flexibility index (Phi) is 2.73. The lowest BCUT2D eigenvalue weighted by Crippen LogP contribution is -2.49. The molecule has 5 rings (SSSR count). The summed E-state index contributed by atoms with van der Waals surface area (Å²) in [6, 6.07) is 8.02. The number of hydrogen-bond donors (Lipinski definition) is 0.